The summed E-state index contributed by atoms with van der Waals surface area (Å²) in [6, 6.07) is 18.0. The van der Waals surface area contributed by atoms with Crippen LogP contribution in [-0.4, -0.2) is 56.1 Å². The summed E-state index contributed by atoms with van der Waals surface area (Å²) < 4.78 is 27.1. The van der Waals surface area contributed by atoms with Crippen LogP contribution in [0.25, 0.3) is 11.1 Å². The molecule has 7 nitrogen and oxygen atoms in total. The zero-order valence-electron chi connectivity index (χ0n) is 34.3. The number of hydrogen-bond acceptors (Lipinski definition) is 6. The number of hydrogen-bond donors (Lipinski definition) is 1. The fourth-order valence-corrected chi connectivity index (χ4v) is 10.9. The van der Waals surface area contributed by atoms with Crippen LogP contribution in [0, 0.1) is 17.8 Å². The van der Waals surface area contributed by atoms with Crippen molar-refractivity contribution in [3.05, 3.63) is 60.2 Å². The third-order valence-electron chi connectivity index (χ3n) is 13.3. The van der Waals surface area contributed by atoms with Crippen molar-refractivity contribution in [3.8, 4) is 11.1 Å². The zero-order valence-corrected chi connectivity index (χ0v) is 35.3. The first-order valence-corrected chi connectivity index (χ1v) is 24.2. The average Bonchev–Trinajstić information content (AvgIpc) is 3.47. The molecule has 1 aliphatic heterocycles. The Kier molecular flexibility index (Phi) is 15.4. The molecule has 2 unspecified atom stereocenters. The van der Waals surface area contributed by atoms with Crippen LogP contribution in [0.3, 0.4) is 0 Å². The van der Waals surface area contributed by atoms with Crippen molar-refractivity contribution in [2.24, 2.45) is 17.8 Å². The molecule has 8 heteroatoms. The highest BCUT2D eigenvalue weighted by Crippen LogP contribution is 2.49. The first-order chi connectivity index (χ1) is 25.8. The Morgan fingerprint density at radius 2 is 1.43 bits per heavy atom. The Morgan fingerprint density at radius 3 is 2.07 bits per heavy atom. The van der Waals surface area contributed by atoms with Crippen LogP contribution in [0.1, 0.15) is 147 Å². The van der Waals surface area contributed by atoms with Gasteiger partial charge in [-0.1, -0.05) is 102 Å². The number of carbonyl (C=O) groups excluding carboxylic acids is 1. The molecule has 3 fully saturated rings. The first-order valence-electron chi connectivity index (χ1n) is 21.3. The standard InChI is InChI=1S/C46H70O7Si/c1-45(2,3)54(5,6)53-46(4,37-21-13-10-14-22-37)31-30-39-38(23-15-7-8-16-24-42(47)48)41(33-40(39)51-43-25-17-18-32-50-43)52-44(49)36-28-26-35(27-29-36)34-19-11-9-12-20-34/h9,11-12,19-20,26-29,37-41,43H,7-8,10,13-18,21-25,30-33H2,1-6H3,(H,47,48)/t38-,39-,40?,41+,43?,46+/m1/s1. The minimum Gasteiger partial charge on any atom is -0.481 e. The van der Waals surface area contributed by atoms with Gasteiger partial charge in [-0.25, -0.2) is 4.79 Å². The van der Waals surface area contributed by atoms with Gasteiger partial charge in [0.05, 0.1) is 17.3 Å². The van der Waals surface area contributed by atoms with E-state index >= 15 is 0 Å². The van der Waals surface area contributed by atoms with Crippen LogP contribution in [0.15, 0.2) is 54.6 Å². The summed E-state index contributed by atoms with van der Waals surface area (Å²) >= 11 is 0. The van der Waals surface area contributed by atoms with E-state index in [0.717, 1.165) is 75.5 Å². The Balaban J connectivity index is 1.39. The lowest BCUT2D eigenvalue weighted by Crippen LogP contribution is -2.52. The molecular formula is C46H70O7Si. The minimum atomic E-state index is -2.07. The molecule has 0 amide bonds. The summed E-state index contributed by atoms with van der Waals surface area (Å²) in [7, 11) is -2.07. The van der Waals surface area contributed by atoms with Crippen molar-refractivity contribution in [1.82, 2.24) is 0 Å². The zero-order chi connectivity index (χ0) is 38.8. The molecular weight excluding hydrogens is 693 g/mol. The van der Waals surface area contributed by atoms with E-state index in [4.69, 9.17) is 18.6 Å². The molecule has 2 aromatic carbocycles. The van der Waals surface area contributed by atoms with Crippen molar-refractivity contribution in [1.29, 1.82) is 0 Å². The summed E-state index contributed by atoms with van der Waals surface area (Å²) in [5, 5.41) is 9.29. The summed E-state index contributed by atoms with van der Waals surface area (Å²) in [6.07, 6.45) is 15.9. The van der Waals surface area contributed by atoms with Gasteiger partial charge in [0.25, 0.3) is 0 Å². The lowest BCUT2D eigenvalue weighted by Gasteiger charge is -2.49. The van der Waals surface area contributed by atoms with Gasteiger partial charge in [0.1, 0.15) is 6.10 Å². The van der Waals surface area contributed by atoms with Gasteiger partial charge >= 0.3 is 11.9 Å². The van der Waals surface area contributed by atoms with Crippen molar-refractivity contribution >= 4 is 20.3 Å². The normalized spacial score (nSPS) is 25.3. The molecule has 0 bridgehead atoms. The maximum absolute atomic E-state index is 13.9. The highest BCUT2D eigenvalue weighted by atomic mass is 28.4. The van der Waals surface area contributed by atoms with Gasteiger partial charge in [0, 0.05) is 25.4 Å². The van der Waals surface area contributed by atoms with Gasteiger partial charge in [-0.05, 0) is 118 Å². The van der Waals surface area contributed by atoms with Gasteiger partial charge < -0.3 is 23.7 Å². The van der Waals surface area contributed by atoms with E-state index in [1.165, 1.54) is 32.1 Å². The number of carboxylic acid groups (broad SMARTS) is 1. The van der Waals surface area contributed by atoms with Crippen LogP contribution in [0.2, 0.25) is 18.1 Å². The Labute approximate surface area is 327 Å². The topological polar surface area (TPSA) is 91.3 Å². The van der Waals surface area contributed by atoms with E-state index in [1.54, 1.807) is 0 Å². The molecule has 0 spiro atoms. The van der Waals surface area contributed by atoms with E-state index in [1.807, 2.05) is 42.5 Å². The number of benzene rings is 2. The Hall–Kier alpha value is -2.52. The van der Waals surface area contributed by atoms with Crippen molar-refractivity contribution in [2.45, 2.75) is 179 Å². The van der Waals surface area contributed by atoms with E-state index in [9.17, 15) is 14.7 Å². The molecule has 0 radical (unpaired) electrons. The summed E-state index contributed by atoms with van der Waals surface area (Å²) in [4.78, 5) is 25.1. The quantitative estimate of drug-likeness (QED) is 0.0918. The van der Waals surface area contributed by atoms with Gasteiger partial charge in [-0.15, -0.1) is 0 Å². The minimum absolute atomic E-state index is 0.0770. The molecule has 54 heavy (non-hydrogen) atoms. The molecule has 300 valence electrons. The molecule has 2 aromatic rings. The fourth-order valence-electron chi connectivity index (χ4n) is 9.12. The number of carboxylic acids is 1. The molecule has 3 aliphatic rings. The number of carbonyl (C=O) groups is 2. The lowest BCUT2D eigenvalue weighted by molar-refractivity contribution is -0.197. The molecule has 2 saturated carbocycles. The molecule has 5 rings (SSSR count). The number of esters is 1. The smallest absolute Gasteiger partial charge is 0.338 e. The fraction of sp³-hybridized carbons (Fsp3) is 0.696. The van der Waals surface area contributed by atoms with E-state index in [0.29, 0.717) is 24.3 Å². The second-order valence-electron chi connectivity index (χ2n) is 18.3. The number of unbranched alkanes of at least 4 members (excludes halogenated alkanes) is 3. The molecule has 0 aromatic heterocycles. The molecule has 1 N–H and O–H groups in total. The average molecular weight is 763 g/mol. The monoisotopic (exact) mass is 762 g/mol. The van der Waals surface area contributed by atoms with Crippen molar-refractivity contribution < 1.29 is 33.3 Å². The summed E-state index contributed by atoms with van der Waals surface area (Å²) in [6.45, 7) is 14.9. The maximum Gasteiger partial charge on any atom is 0.338 e. The third kappa shape index (κ3) is 11.7. The lowest BCUT2D eigenvalue weighted by atomic mass is 9.73. The van der Waals surface area contributed by atoms with E-state index in [-0.39, 0.29) is 53.4 Å². The predicted molar refractivity (Wildman–Crippen MR) is 219 cm³/mol. The molecule has 1 saturated heterocycles. The van der Waals surface area contributed by atoms with Gasteiger partial charge in [-0.2, -0.15) is 0 Å². The van der Waals surface area contributed by atoms with E-state index < -0.39 is 14.3 Å². The first kappa shape index (κ1) is 42.6. The van der Waals surface area contributed by atoms with Crippen LogP contribution >= 0.6 is 0 Å². The highest BCUT2D eigenvalue weighted by Gasteiger charge is 2.50. The van der Waals surface area contributed by atoms with Crippen LogP contribution in [-0.2, 0) is 23.4 Å². The second-order valence-corrected chi connectivity index (χ2v) is 23.0. The van der Waals surface area contributed by atoms with Crippen LogP contribution in [0.4, 0.5) is 0 Å². The number of aliphatic carboxylic acids is 1. The van der Waals surface area contributed by atoms with Crippen molar-refractivity contribution in [3.63, 3.8) is 0 Å². The molecule has 6 atom stereocenters. The summed E-state index contributed by atoms with van der Waals surface area (Å²) in [5.41, 5.74) is 2.51. The van der Waals surface area contributed by atoms with Gasteiger partial charge in [-0.3, -0.25) is 4.79 Å². The third-order valence-corrected chi connectivity index (χ3v) is 17.9. The van der Waals surface area contributed by atoms with Crippen LogP contribution in [0.5, 0.6) is 0 Å². The maximum atomic E-state index is 13.9. The van der Waals surface area contributed by atoms with Crippen LogP contribution < -0.4 is 0 Å². The molecule has 2 aliphatic carbocycles. The van der Waals surface area contributed by atoms with Crippen molar-refractivity contribution in [2.75, 3.05) is 6.61 Å². The van der Waals surface area contributed by atoms with Gasteiger partial charge in [0.15, 0.2) is 14.6 Å². The Bertz CT molecular complexity index is 1440. The second kappa shape index (κ2) is 19.6. The van der Waals surface area contributed by atoms with Gasteiger partial charge in [0.2, 0.25) is 0 Å². The number of rotatable bonds is 18. The predicted octanol–water partition coefficient (Wildman–Crippen LogP) is 12.0. The SMILES string of the molecule is CC(C)(C)[Si](C)(C)O[C@@](C)(CC[C@H]1C(OC2CCCCO2)C[C@H](OC(=O)c2ccc(-c3ccccc3)cc2)[C@@H]1CCCCCCC(=O)O)C1CCCCC1. The van der Waals surface area contributed by atoms with E-state index in [2.05, 4.69) is 52.9 Å². The summed E-state index contributed by atoms with van der Waals surface area (Å²) in [5.74, 6) is -0.163. The molecule has 1 heterocycles. The Morgan fingerprint density at radius 1 is 0.778 bits per heavy atom. The highest BCUT2D eigenvalue weighted by molar-refractivity contribution is 6.74. The largest absolute Gasteiger partial charge is 0.481 e. The number of ether oxygens (including phenoxy) is 3.